The van der Waals surface area contributed by atoms with Gasteiger partial charge in [-0.3, -0.25) is 0 Å². The van der Waals surface area contributed by atoms with Gasteiger partial charge in [0.2, 0.25) is 0 Å². The zero-order chi connectivity index (χ0) is 11.6. The van der Waals surface area contributed by atoms with Crippen LogP contribution >= 0.6 is 0 Å². The van der Waals surface area contributed by atoms with Gasteiger partial charge in [-0.25, -0.2) is 0 Å². The molecule has 3 heteroatoms. The lowest BCUT2D eigenvalue weighted by Gasteiger charge is -2.22. The quantitative estimate of drug-likeness (QED) is 0.816. The number of rotatable bonds is 2. The summed E-state index contributed by atoms with van der Waals surface area (Å²) in [5.74, 6) is 0. The number of nitrogens with two attached hydrogens (primary N) is 1. The lowest BCUT2D eigenvalue weighted by atomic mass is 10.0. The SMILES string of the molecule is CCc1ccccc1N1CCC(N)(C#N)C1. The number of anilines is 1. The fourth-order valence-electron chi connectivity index (χ4n) is 2.25. The van der Waals surface area contributed by atoms with E-state index >= 15 is 0 Å². The van der Waals surface area contributed by atoms with Gasteiger partial charge in [0.25, 0.3) is 0 Å². The minimum atomic E-state index is -0.666. The number of aryl methyl sites for hydroxylation is 1. The number of benzene rings is 1. The average Bonchev–Trinajstić information content (AvgIpc) is 2.73. The van der Waals surface area contributed by atoms with E-state index in [-0.39, 0.29) is 0 Å². The molecule has 0 radical (unpaired) electrons. The van der Waals surface area contributed by atoms with Crippen molar-refractivity contribution in [3.63, 3.8) is 0 Å². The molecular weight excluding hydrogens is 198 g/mol. The minimum Gasteiger partial charge on any atom is -0.368 e. The molecule has 0 amide bonds. The van der Waals surface area contributed by atoms with Gasteiger partial charge in [0, 0.05) is 18.8 Å². The van der Waals surface area contributed by atoms with Crippen molar-refractivity contribution in [2.45, 2.75) is 25.3 Å². The third-order valence-electron chi connectivity index (χ3n) is 3.24. The first-order valence-electron chi connectivity index (χ1n) is 5.71. The Labute approximate surface area is 96.5 Å². The zero-order valence-corrected chi connectivity index (χ0v) is 9.61. The van der Waals surface area contributed by atoms with Crippen molar-refractivity contribution in [3.8, 4) is 6.07 Å². The topological polar surface area (TPSA) is 53.0 Å². The van der Waals surface area contributed by atoms with Crippen molar-refractivity contribution >= 4 is 5.69 Å². The summed E-state index contributed by atoms with van der Waals surface area (Å²) in [5.41, 5.74) is 7.86. The van der Waals surface area contributed by atoms with E-state index in [1.807, 2.05) is 6.07 Å². The molecule has 1 fully saturated rings. The molecule has 1 aliphatic heterocycles. The Hall–Kier alpha value is -1.53. The second-order valence-corrected chi connectivity index (χ2v) is 4.42. The maximum Gasteiger partial charge on any atom is 0.123 e. The van der Waals surface area contributed by atoms with E-state index < -0.39 is 5.54 Å². The highest BCUT2D eigenvalue weighted by Gasteiger charge is 2.34. The van der Waals surface area contributed by atoms with Crippen LogP contribution in [0.2, 0.25) is 0 Å². The van der Waals surface area contributed by atoms with E-state index in [4.69, 9.17) is 11.0 Å². The summed E-state index contributed by atoms with van der Waals surface area (Å²) in [5, 5.41) is 9.01. The van der Waals surface area contributed by atoms with Gasteiger partial charge in [0.1, 0.15) is 5.54 Å². The first-order chi connectivity index (χ1) is 7.68. The van der Waals surface area contributed by atoms with E-state index in [9.17, 15) is 0 Å². The first-order valence-corrected chi connectivity index (χ1v) is 5.71. The van der Waals surface area contributed by atoms with Gasteiger partial charge >= 0.3 is 0 Å². The Kier molecular flexibility index (Phi) is 2.84. The molecule has 0 aromatic heterocycles. The van der Waals surface area contributed by atoms with Crippen LogP contribution in [0.1, 0.15) is 18.9 Å². The molecule has 0 aliphatic carbocycles. The highest BCUT2D eigenvalue weighted by atomic mass is 15.2. The fraction of sp³-hybridized carbons (Fsp3) is 0.462. The van der Waals surface area contributed by atoms with E-state index in [0.29, 0.717) is 6.54 Å². The smallest absolute Gasteiger partial charge is 0.123 e. The molecule has 1 aliphatic rings. The molecule has 0 saturated carbocycles. The number of para-hydroxylation sites is 1. The molecule has 1 atom stereocenters. The van der Waals surface area contributed by atoms with Crippen molar-refractivity contribution in [2.75, 3.05) is 18.0 Å². The Balaban J connectivity index is 2.24. The summed E-state index contributed by atoms with van der Waals surface area (Å²) in [6.07, 6.45) is 1.76. The van der Waals surface area contributed by atoms with Gasteiger partial charge in [-0.05, 0) is 24.5 Å². The second-order valence-electron chi connectivity index (χ2n) is 4.42. The van der Waals surface area contributed by atoms with Crippen LogP contribution in [0, 0.1) is 11.3 Å². The molecule has 84 valence electrons. The van der Waals surface area contributed by atoms with E-state index in [0.717, 1.165) is 19.4 Å². The van der Waals surface area contributed by atoms with Crippen LogP contribution in [0.5, 0.6) is 0 Å². The molecule has 1 saturated heterocycles. The lowest BCUT2D eigenvalue weighted by molar-refractivity contribution is 0.606. The predicted octanol–water partition coefficient (Wildman–Crippen LogP) is 1.68. The Morgan fingerprint density at radius 3 is 2.88 bits per heavy atom. The van der Waals surface area contributed by atoms with Gasteiger partial charge < -0.3 is 10.6 Å². The lowest BCUT2D eigenvalue weighted by Crippen LogP contribution is -2.41. The first kappa shape index (κ1) is 11.0. The van der Waals surface area contributed by atoms with E-state index in [1.165, 1.54) is 11.3 Å². The summed E-state index contributed by atoms with van der Waals surface area (Å²) in [6.45, 7) is 3.66. The molecule has 0 spiro atoms. The third-order valence-corrected chi connectivity index (χ3v) is 3.24. The molecule has 3 nitrogen and oxygen atoms in total. The van der Waals surface area contributed by atoms with Gasteiger partial charge in [-0.2, -0.15) is 5.26 Å². The maximum absolute atomic E-state index is 9.01. The highest BCUT2D eigenvalue weighted by Crippen LogP contribution is 2.27. The van der Waals surface area contributed by atoms with E-state index in [2.05, 4.69) is 36.1 Å². The van der Waals surface area contributed by atoms with Crippen molar-refractivity contribution in [1.29, 1.82) is 5.26 Å². The highest BCUT2D eigenvalue weighted by molar-refractivity contribution is 5.55. The van der Waals surface area contributed by atoms with Crippen molar-refractivity contribution < 1.29 is 0 Å². The fourth-order valence-corrected chi connectivity index (χ4v) is 2.25. The van der Waals surface area contributed by atoms with Crippen LogP contribution in [0.4, 0.5) is 5.69 Å². The standard InChI is InChI=1S/C13H17N3/c1-2-11-5-3-4-6-12(11)16-8-7-13(15,9-14)10-16/h3-6H,2,7-8,10,15H2,1H3. The normalized spacial score (nSPS) is 24.4. The molecule has 16 heavy (non-hydrogen) atoms. The molecular formula is C13H17N3. The largest absolute Gasteiger partial charge is 0.368 e. The van der Waals surface area contributed by atoms with Crippen LogP contribution < -0.4 is 10.6 Å². The van der Waals surface area contributed by atoms with Crippen LogP contribution in [0.3, 0.4) is 0 Å². The van der Waals surface area contributed by atoms with Crippen LogP contribution in [-0.4, -0.2) is 18.6 Å². The Morgan fingerprint density at radius 1 is 1.50 bits per heavy atom. The van der Waals surface area contributed by atoms with E-state index in [1.54, 1.807) is 0 Å². The summed E-state index contributed by atoms with van der Waals surface area (Å²) in [7, 11) is 0. The summed E-state index contributed by atoms with van der Waals surface area (Å²) < 4.78 is 0. The second kappa shape index (κ2) is 4.15. The number of nitriles is 1. The van der Waals surface area contributed by atoms with Crippen molar-refractivity contribution in [3.05, 3.63) is 29.8 Å². The Bertz CT molecular complexity index is 421. The zero-order valence-electron chi connectivity index (χ0n) is 9.61. The number of hydrogen-bond acceptors (Lipinski definition) is 3. The average molecular weight is 215 g/mol. The van der Waals surface area contributed by atoms with Crippen LogP contribution in [0.25, 0.3) is 0 Å². The predicted molar refractivity (Wildman–Crippen MR) is 65.2 cm³/mol. The molecule has 0 bridgehead atoms. The summed E-state index contributed by atoms with van der Waals surface area (Å²) >= 11 is 0. The number of hydrogen-bond donors (Lipinski definition) is 1. The molecule has 1 aromatic rings. The van der Waals surface area contributed by atoms with Crippen LogP contribution in [-0.2, 0) is 6.42 Å². The monoisotopic (exact) mass is 215 g/mol. The van der Waals surface area contributed by atoms with Gasteiger partial charge in [0.05, 0.1) is 6.07 Å². The summed E-state index contributed by atoms with van der Waals surface area (Å²) in [6, 6.07) is 10.6. The molecule has 1 unspecified atom stereocenters. The summed E-state index contributed by atoms with van der Waals surface area (Å²) in [4.78, 5) is 2.22. The third kappa shape index (κ3) is 1.89. The number of nitrogens with zero attached hydrogens (tertiary/aromatic N) is 2. The molecule has 1 heterocycles. The molecule has 2 N–H and O–H groups in total. The van der Waals surface area contributed by atoms with Crippen molar-refractivity contribution in [1.82, 2.24) is 0 Å². The molecule has 2 rings (SSSR count). The van der Waals surface area contributed by atoms with Gasteiger partial charge in [0.15, 0.2) is 0 Å². The van der Waals surface area contributed by atoms with Gasteiger partial charge in [-0.15, -0.1) is 0 Å². The Morgan fingerprint density at radius 2 is 2.25 bits per heavy atom. The maximum atomic E-state index is 9.01. The van der Waals surface area contributed by atoms with Crippen LogP contribution in [0.15, 0.2) is 24.3 Å². The van der Waals surface area contributed by atoms with Crippen molar-refractivity contribution in [2.24, 2.45) is 5.73 Å². The molecule has 1 aromatic carbocycles. The minimum absolute atomic E-state index is 0.639. The van der Waals surface area contributed by atoms with Gasteiger partial charge in [-0.1, -0.05) is 25.1 Å².